The van der Waals surface area contributed by atoms with E-state index >= 15 is 0 Å². The third kappa shape index (κ3) is 11.2. The zero-order valence-electron chi connectivity index (χ0n) is 23.4. The van der Waals surface area contributed by atoms with Crippen molar-refractivity contribution in [2.75, 3.05) is 31.6 Å². The van der Waals surface area contributed by atoms with E-state index in [1.807, 2.05) is 32.0 Å². The molecular weight excluding hydrogens is 539 g/mol. The molecule has 0 fully saturated rings. The summed E-state index contributed by atoms with van der Waals surface area (Å²) in [5.41, 5.74) is 5.90. The average molecular weight is 578 g/mol. The number of hydrogen-bond acceptors (Lipinski definition) is 6. The fourth-order valence-electron chi connectivity index (χ4n) is 4.20. The number of fused-ring (bicyclic) bond motifs is 1. The second kappa shape index (κ2) is 15.1. The van der Waals surface area contributed by atoms with E-state index in [1.54, 1.807) is 0 Å². The number of carbonyl (C=O) groups excluding carboxylic acids is 1. The Morgan fingerprint density at radius 2 is 1.93 bits per heavy atom. The molecule has 0 saturated heterocycles. The van der Waals surface area contributed by atoms with Gasteiger partial charge in [-0.3, -0.25) is 0 Å². The van der Waals surface area contributed by atoms with Crippen LogP contribution in [0.4, 0.5) is 23.7 Å². The van der Waals surface area contributed by atoms with Crippen LogP contribution in [0.2, 0.25) is 0 Å². The molecule has 2 aromatic carbocycles. The lowest BCUT2D eigenvalue weighted by molar-refractivity contribution is -0.180. The number of nitrogens with two attached hydrogens (primary N) is 1. The number of amides is 2. The van der Waals surface area contributed by atoms with Crippen molar-refractivity contribution in [3.8, 4) is 17.6 Å². The van der Waals surface area contributed by atoms with Crippen molar-refractivity contribution in [3.63, 3.8) is 0 Å². The zero-order chi connectivity index (χ0) is 29.9. The van der Waals surface area contributed by atoms with Gasteiger partial charge in [0.25, 0.3) is 0 Å². The Morgan fingerprint density at radius 1 is 1.15 bits per heavy atom. The maximum absolute atomic E-state index is 13.1. The van der Waals surface area contributed by atoms with Gasteiger partial charge in [0.05, 0.1) is 24.9 Å². The van der Waals surface area contributed by atoms with Gasteiger partial charge in [-0.2, -0.15) is 13.2 Å². The number of ether oxygens (including phenoxy) is 3. The van der Waals surface area contributed by atoms with Crippen LogP contribution in [0.15, 0.2) is 36.4 Å². The molecule has 1 aliphatic heterocycles. The summed E-state index contributed by atoms with van der Waals surface area (Å²) in [6, 6.07) is 7.80. The first kappa shape index (κ1) is 32.2. The van der Waals surface area contributed by atoms with Gasteiger partial charge in [0.1, 0.15) is 5.75 Å². The van der Waals surface area contributed by atoms with Crippen molar-refractivity contribution in [1.82, 2.24) is 5.32 Å². The Morgan fingerprint density at radius 3 is 2.68 bits per heavy atom. The minimum absolute atomic E-state index is 0.0657. The molecule has 3 rings (SSSR count). The molecule has 1 heterocycles. The molecule has 2 amide bonds. The summed E-state index contributed by atoms with van der Waals surface area (Å²) < 4.78 is 56.3. The lowest BCUT2D eigenvalue weighted by atomic mass is 10.0. The summed E-state index contributed by atoms with van der Waals surface area (Å²) in [6.45, 7) is 6.39. The van der Waals surface area contributed by atoms with Crippen LogP contribution in [0.1, 0.15) is 74.3 Å². The van der Waals surface area contributed by atoms with Crippen molar-refractivity contribution < 1.29 is 37.3 Å². The Balaban J connectivity index is 1.24. The van der Waals surface area contributed by atoms with E-state index < -0.39 is 29.7 Å². The highest BCUT2D eigenvalue weighted by Crippen LogP contribution is 2.33. The van der Waals surface area contributed by atoms with Crippen LogP contribution in [0, 0.1) is 11.8 Å². The van der Waals surface area contributed by atoms with E-state index in [1.165, 1.54) is 6.07 Å². The normalized spacial score (nSPS) is 14.8. The van der Waals surface area contributed by atoms with Crippen LogP contribution in [-0.2, 0) is 22.3 Å². The van der Waals surface area contributed by atoms with Crippen molar-refractivity contribution in [3.05, 3.63) is 58.7 Å². The number of rotatable bonds is 13. The van der Waals surface area contributed by atoms with Crippen molar-refractivity contribution >= 4 is 11.7 Å². The summed E-state index contributed by atoms with van der Waals surface area (Å²) in [6.07, 6.45) is -0.940. The molecule has 0 aliphatic carbocycles. The number of unbranched alkanes of at least 4 members (excludes halogenated alkanes) is 3. The standard InChI is InChI=1S/C30H38F3N3O5/c1-29(2)40-20-23-17-22(10-11-27(23)41-29)26(37)19-35-12-6-3-4-7-13-39-14-8-5-9-21-15-24(30(31,32)33)18-25(16-21)36-28(34)38/h10-11,15-18,26,35,37H,3-4,6-8,12-14,19-20H2,1-2H3,(H3,34,36,38)/t26-/m1/s1. The number of aliphatic hydroxyl groups excluding tert-OH is 1. The van der Waals surface area contributed by atoms with E-state index in [2.05, 4.69) is 22.5 Å². The van der Waals surface area contributed by atoms with Gasteiger partial charge in [0.15, 0.2) is 0 Å². The first-order valence-electron chi connectivity index (χ1n) is 13.6. The third-order valence-electron chi connectivity index (χ3n) is 6.26. The zero-order valence-corrected chi connectivity index (χ0v) is 23.4. The Labute approximate surface area is 238 Å². The third-order valence-corrected chi connectivity index (χ3v) is 6.26. The number of halogens is 3. The number of benzene rings is 2. The minimum atomic E-state index is -4.57. The van der Waals surface area contributed by atoms with Gasteiger partial charge in [-0.1, -0.05) is 30.7 Å². The van der Waals surface area contributed by atoms with Crippen molar-refractivity contribution in [2.24, 2.45) is 5.73 Å². The van der Waals surface area contributed by atoms with Crippen LogP contribution in [0.5, 0.6) is 5.75 Å². The number of hydrogen-bond donors (Lipinski definition) is 4. The quantitative estimate of drug-likeness (QED) is 0.185. The largest absolute Gasteiger partial charge is 0.463 e. The Hall–Kier alpha value is -3.30. The molecule has 5 N–H and O–H groups in total. The maximum Gasteiger partial charge on any atom is 0.416 e. The molecule has 0 radical (unpaired) electrons. The highest BCUT2D eigenvalue weighted by molar-refractivity contribution is 5.88. The van der Waals surface area contributed by atoms with Gasteiger partial charge in [0, 0.05) is 50.2 Å². The highest BCUT2D eigenvalue weighted by Gasteiger charge is 2.31. The van der Waals surface area contributed by atoms with E-state index in [-0.39, 0.29) is 11.3 Å². The second-order valence-corrected chi connectivity index (χ2v) is 10.2. The van der Waals surface area contributed by atoms with Crippen molar-refractivity contribution in [2.45, 2.75) is 70.6 Å². The fraction of sp³-hybridized carbons (Fsp3) is 0.500. The first-order chi connectivity index (χ1) is 19.4. The predicted molar refractivity (Wildman–Crippen MR) is 149 cm³/mol. The summed E-state index contributed by atoms with van der Waals surface area (Å²) in [5, 5.41) is 15.9. The highest BCUT2D eigenvalue weighted by atomic mass is 19.4. The summed E-state index contributed by atoms with van der Waals surface area (Å²) in [7, 11) is 0. The SMILES string of the molecule is CC1(C)OCc2cc([C@H](O)CNCCCCCCOCCC#Cc3cc(NC(N)=O)cc(C(F)(F)F)c3)ccc2O1. The van der Waals surface area contributed by atoms with Crippen LogP contribution >= 0.6 is 0 Å². The topological polar surface area (TPSA) is 115 Å². The van der Waals surface area contributed by atoms with E-state index in [4.69, 9.17) is 19.9 Å². The summed E-state index contributed by atoms with van der Waals surface area (Å²) in [5.74, 6) is 5.61. The van der Waals surface area contributed by atoms with Gasteiger partial charge in [-0.15, -0.1) is 0 Å². The molecule has 0 aromatic heterocycles. The smallest absolute Gasteiger partial charge is 0.416 e. The van der Waals surface area contributed by atoms with Gasteiger partial charge in [0.2, 0.25) is 5.79 Å². The number of aliphatic hydroxyl groups is 1. The molecule has 11 heteroatoms. The number of nitrogens with one attached hydrogen (secondary N) is 2. The fourth-order valence-corrected chi connectivity index (χ4v) is 4.20. The average Bonchev–Trinajstić information content (AvgIpc) is 2.89. The molecule has 8 nitrogen and oxygen atoms in total. The lowest BCUT2D eigenvalue weighted by Gasteiger charge is -2.33. The van der Waals surface area contributed by atoms with Crippen molar-refractivity contribution in [1.29, 1.82) is 0 Å². The van der Waals surface area contributed by atoms with Gasteiger partial charge < -0.3 is 35.7 Å². The molecule has 0 bridgehead atoms. The maximum atomic E-state index is 13.1. The Kier molecular flexibility index (Phi) is 11.8. The molecule has 0 saturated carbocycles. The molecule has 41 heavy (non-hydrogen) atoms. The number of alkyl halides is 3. The molecule has 0 spiro atoms. The van der Waals surface area contributed by atoms with Gasteiger partial charge >= 0.3 is 12.2 Å². The molecule has 2 aromatic rings. The van der Waals surface area contributed by atoms with Crippen LogP contribution in [0.25, 0.3) is 0 Å². The van der Waals surface area contributed by atoms with Crippen LogP contribution in [-0.4, -0.2) is 43.2 Å². The summed E-state index contributed by atoms with van der Waals surface area (Å²) in [4.78, 5) is 11.0. The second-order valence-electron chi connectivity index (χ2n) is 10.2. The molecular formula is C30H38F3N3O5. The number of urea groups is 1. The minimum Gasteiger partial charge on any atom is -0.463 e. The molecule has 0 unspecified atom stereocenters. The summed E-state index contributed by atoms with van der Waals surface area (Å²) >= 11 is 0. The Bertz CT molecular complexity index is 1220. The van der Waals surface area contributed by atoms with E-state index in [9.17, 15) is 23.1 Å². The molecule has 1 aliphatic rings. The molecule has 1 atom stereocenters. The lowest BCUT2D eigenvalue weighted by Crippen LogP contribution is -2.35. The number of carbonyl (C=O) groups is 1. The van der Waals surface area contributed by atoms with E-state index in [0.29, 0.717) is 32.8 Å². The van der Waals surface area contributed by atoms with Crippen LogP contribution in [0.3, 0.4) is 0 Å². The number of anilines is 1. The predicted octanol–water partition coefficient (Wildman–Crippen LogP) is 5.48. The number of primary amides is 1. The van der Waals surface area contributed by atoms with Gasteiger partial charge in [-0.25, -0.2) is 4.79 Å². The van der Waals surface area contributed by atoms with Crippen LogP contribution < -0.4 is 21.1 Å². The van der Waals surface area contributed by atoms with Gasteiger partial charge in [-0.05, 0) is 55.3 Å². The first-order valence-corrected chi connectivity index (χ1v) is 13.6. The monoisotopic (exact) mass is 577 g/mol. The van der Waals surface area contributed by atoms with E-state index in [0.717, 1.165) is 61.2 Å². The molecule has 224 valence electrons.